The van der Waals surface area contributed by atoms with Crippen LogP contribution in [0.2, 0.25) is 0 Å². The van der Waals surface area contributed by atoms with Crippen molar-refractivity contribution in [2.75, 3.05) is 6.61 Å². The van der Waals surface area contributed by atoms with Gasteiger partial charge in [0.25, 0.3) is 0 Å². The van der Waals surface area contributed by atoms with Crippen molar-refractivity contribution in [1.29, 1.82) is 0 Å². The Hall–Kier alpha value is -2.75. The molecule has 0 aliphatic rings. The average molecular weight is 495 g/mol. The van der Waals surface area contributed by atoms with Gasteiger partial charge in [-0.15, -0.1) is 0 Å². The van der Waals surface area contributed by atoms with Gasteiger partial charge in [0, 0.05) is 0 Å². The van der Waals surface area contributed by atoms with E-state index in [1.807, 2.05) is 0 Å². The van der Waals surface area contributed by atoms with E-state index in [1.165, 1.54) is 89.2 Å². The van der Waals surface area contributed by atoms with E-state index in [1.54, 1.807) is 42.5 Å². The summed E-state index contributed by atoms with van der Waals surface area (Å²) in [4.78, 5) is 12.9. The summed E-state index contributed by atoms with van der Waals surface area (Å²) in [5.74, 6) is 0.865. The summed E-state index contributed by atoms with van der Waals surface area (Å²) in [7, 11) is 0. The summed E-state index contributed by atoms with van der Waals surface area (Å²) in [6.45, 7) is 5.04. The second kappa shape index (κ2) is 17.6. The quantitative estimate of drug-likeness (QED) is 0.116. The van der Waals surface area contributed by atoms with Gasteiger partial charge in [0.2, 0.25) is 0 Å². The minimum absolute atomic E-state index is 0.0731. The van der Waals surface area contributed by atoms with Gasteiger partial charge in [-0.25, -0.2) is 0 Å². The Morgan fingerprint density at radius 1 is 0.806 bits per heavy atom. The molecule has 1 unspecified atom stereocenters. The molecule has 0 saturated carbocycles. The number of hydrogen-bond acceptors (Lipinski definition) is 4. The Balaban J connectivity index is 1.94. The van der Waals surface area contributed by atoms with Crippen LogP contribution in [0.5, 0.6) is 17.2 Å². The first kappa shape index (κ1) is 29.5. The van der Waals surface area contributed by atoms with Crippen molar-refractivity contribution in [1.82, 2.24) is 0 Å². The third kappa shape index (κ3) is 11.3. The Kier molecular flexibility index (Phi) is 14.4. The molecule has 0 saturated heterocycles. The highest BCUT2D eigenvalue weighted by Crippen LogP contribution is 2.30. The summed E-state index contributed by atoms with van der Waals surface area (Å²) in [5.41, 5.74) is 0.989. The number of carbonyl (C=O) groups excluding carboxylic acids is 1. The van der Waals surface area contributed by atoms with E-state index in [9.17, 15) is 15.0 Å². The Morgan fingerprint density at radius 2 is 1.42 bits per heavy atom. The maximum atomic E-state index is 12.9. The highest BCUT2D eigenvalue weighted by Gasteiger charge is 2.16. The molecule has 4 heteroatoms. The first-order chi connectivity index (χ1) is 17.5. The fourth-order valence-electron chi connectivity index (χ4n) is 4.57. The molecule has 36 heavy (non-hydrogen) atoms. The first-order valence-corrected chi connectivity index (χ1v) is 14.0. The van der Waals surface area contributed by atoms with Crippen molar-refractivity contribution >= 4 is 11.9 Å². The summed E-state index contributed by atoms with van der Waals surface area (Å²) >= 11 is 0. The van der Waals surface area contributed by atoms with Crippen LogP contribution in [0.4, 0.5) is 0 Å². The molecular formula is C32H46O4. The zero-order chi connectivity index (χ0) is 26.0. The highest BCUT2D eigenvalue weighted by molar-refractivity contribution is 6.10. The van der Waals surface area contributed by atoms with Crippen molar-refractivity contribution in [3.8, 4) is 17.2 Å². The molecule has 2 rings (SSSR count). The topological polar surface area (TPSA) is 66.8 Å². The van der Waals surface area contributed by atoms with Crippen LogP contribution >= 0.6 is 0 Å². The molecule has 0 aromatic heterocycles. The van der Waals surface area contributed by atoms with Gasteiger partial charge >= 0.3 is 0 Å². The molecule has 0 aliphatic heterocycles. The van der Waals surface area contributed by atoms with Crippen molar-refractivity contribution < 1.29 is 19.7 Å². The average Bonchev–Trinajstić information content (AvgIpc) is 2.87. The standard InChI is InChI=1S/C32H46O4/c1-3-5-7-9-10-12-15-26(14-11-8-6-4-2)24-25-36-31-17-13-16-29(34)32(31)30(35)23-20-27-18-21-28(33)22-19-27/h13,16-23,26,33-34H,3-12,14-15,24-25H2,1-2H3/b23-20+. The molecule has 198 valence electrons. The molecule has 0 aliphatic carbocycles. The highest BCUT2D eigenvalue weighted by atomic mass is 16.5. The molecule has 0 heterocycles. The molecule has 2 aromatic carbocycles. The van der Waals surface area contributed by atoms with Crippen LogP contribution in [0.15, 0.2) is 48.5 Å². The van der Waals surface area contributed by atoms with Gasteiger partial charge in [-0.1, -0.05) is 115 Å². The first-order valence-electron chi connectivity index (χ1n) is 14.0. The number of benzene rings is 2. The summed E-state index contributed by atoms with van der Waals surface area (Å²) in [6.07, 6.45) is 19.5. The molecular weight excluding hydrogens is 448 g/mol. The molecule has 2 aromatic rings. The number of unbranched alkanes of at least 4 members (excludes halogenated alkanes) is 8. The van der Waals surface area contributed by atoms with Gasteiger partial charge in [-0.3, -0.25) is 4.79 Å². The number of allylic oxidation sites excluding steroid dienone is 1. The molecule has 1 atom stereocenters. The number of rotatable bonds is 19. The number of phenols is 2. The van der Waals surface area contributed by atoms with E-state index in [0.29, 0.717) is 18.3 Å². The summed E-state index contributed by atoms with van der Waals surface area (Å²) in [6, 6.07) is 11.6. The van der Waals surface area contributed by atoms with Crippen molar-refractivity contribution in [3.63, 3.8) is 0 Å². The third-order valence-electron chi connectivity index (χ3n) is 6.79. The van der Waals surface area contributed by atoms with Crippen molar-refractivity contribution in [3.05, 3.63) is 59.7 Å². The molecule has 0 fully saturated rings. The number of hydrogen-bond donors (Lipinski definition) is 2. The molecule has 4 nitrogen and oxygen atoms in total. The molecule has 0 amide bonds. The van der Waals surface area contributed by atoms with Gasteiger partial charge < -0.3 is 14.9 Å². The van der Waals surface area contributed by atoms with Crippen molar-refractivity contribution in [2.45, 2.75) is 97.3 Å². The maximum absolute atomic E-state index is 12.9. The molecule has 0 bridgehead atoms. The number of ether oxygens (including phenoxy) is 1. The Morgan fingerprint density at radius 3 is 2.08 bits per heavy atom. The van der Waals surface area contributed by atoms with Crippen LogP contribution in [-0.4, -0.2) is 22.6 Å². The van der Waals surface area contributed by atoms with Crippen LogP contribution in [0, 0.1) is 5.92 Å². The Labute approximate surface area is 218 Å². The zero-order valence-corrected chi connectivity index (χ0v) is 22.4. The van der Waals surface area contributed by atoms with Crippen LogP contribution in [-0.2, 0) is 0 Å². The minimum Gasteiger partial charge on any atom is -0.508 e. The normalized spacial score (nSPS) is 12.2. The smallest absolute Gasteiger partial charge is 0.193 e. The fourth-order valence-corrected chi connectivity index (χ4v) is 4.57. The zero-order valence-electron chi connectivity index (χ0n) is 22.4. The molecule has 2 N–H and O–H groups in total. The van der Waals surface area contributed by atoms with Gasteiger partial charge in [-0.2, -0.15) is 0 Å². The monoisotopic (exact) mass is 494 g/mol. The lowest BCUT2D eigenvalue weighted by atomic mass is 9.92. The van der Waals surface area contributed by atoms with Crippen LogP contribution < -0.4 is 4.74 Å². The van der Waals surface area contributed by atoms with E-state index in [4.69, 9.17) is 4.74 Å². The summed E-state index contributed by atoms with van der Waals surface area (Å²) in [5, 5.41) is 19.8. The lowest BCUT2D eigenvalue weighted by molar-refractivity contribution is 0.104. The molecule has 0 radical (unpaired) electrons. The van der Waals surface area contributed by atoms with Crippen LogP contribution in [0.25, 0.3) is 6.08 Å². The maximum Gasteiger partial charge on any atom is 0.193 e. The lowest BCUT2D eigenvalue weighted by Gasteiger charge is -2.18. The van der Waals surface area contributed by atoms with Gasteiger partial charge in [-0.05, 0) is 48.2 Å². The van der Waals surface area contributed by atoms with Gasteiger partial charge in [0.15, 0.2) is 5.78 Å². The number of aromatic hydroxyl groups is 2. The Bertz CT molecular complexity index is 901. The van der Waals surface area contributed by atoms with Crippen LogP contribution in [0.1, 0.15) is 113 Å². The predicted octanol–water partition coefficient (Wildman–Crippen LogP) is 9.10. The van der Waals surface area contributed by atoms with E-state index in [2.05, 4.69) is 13.8 Å². The second-order valence-electron chi connectivity index (χ2n) is 9.85. The van der Waals surface area contributed by atoms with E-state index < -0.39 is 0 Å². The van der Waals surface area contributed by atoms with E-state index in [-0.39, 0.29) is 22.8 Å². The van der Waals surface area contributed by atoms with Crippen LogP contribution in [0.3, 0.4) is 0 Å². The number of phenolic OH excluding ortho intramolecular Hbond substituents is 2. The largest absolute Gasteiger partial charge is 0.508 e. The third-order valence-corrected chi connectivity index (χ3v) is 6.79. The van der Waals surface area contributed by atoms with E-state index in [0.717, 1.165) is 12.0 Å². The summed E-state index contributed by atoms with van der Waals surface area (Å²) < 4.78 is 6.08. The van der Waals surface area contributed by atoms with Gasteiger partial charge in [0.1, 0.15) is 22.8 Å². The SMILES string of the molecule is CCCCCCCCC(CCCCCC)CCOc1cccc(O)c1C(=O)/C=C/c1ccc(O)cc1. The second-order valence-corrected chi connectivity index (χ2v) is 9.85. The molecule has 0 spiro atoms. The number of ketones is 1. The van der Waals surface area contributed by atoms with Crippen molar-refractivity contribution in [2.24, 2.45) is 5.92 Å². The van der Waals surface area contributed by atoms with E-state index >= 15 is 0 Å². The fraction of sp³-hybridized carbons (Fsp3) is 0.531. The van der Waals surface area contributed by atoms with Gasteiger partial charge in [0.05, 0.1) is 6.61 Å². The minimum atomic E-state index is -0.306. The lowest BCUT2D eigenvalue weighted by Crippen LogP contribution is -2.10. The number of carbonyl (C=O) groups is 1. The predicted molar refractivity (Wildman–Crippen MR) is 150 cm³/mol.